The molecule has 0 aliphatic carbocycles. The second kappa shape index (κ2) is 6.97. The Bertz CT molecular complexity index is 624. The maximum atomic E-state index is 9.44. The largest absolute Gasteiger partial charge is 0.395 e. The molecule has 0 amide bonds. The number of benzene rings is 1. The van der Waals surface area contributed by atoms with Crippen LogP contribution in [-0.2, 0) is 4.84 Å². The summed E-state index contributed by atoms with van der Waals surface area (Å²) in [5, 5.41) is 14.3. The van der Waals surface area contributed by atoms with Crippen LogP contribution >= 0.6 is 11.8 Å². The van der Waals surface area contributed by atoms with Gasteiger partial charge in [-0.25, -0.2) is 0 Å². The quantitative estimate of drug-likeness (QED) is 0.471. The molecule has 0 spiro atoms. The van der Waals surface area contributed by atoms with E-state index in [1.54, 1.807) is 0 Å². The zero-order valence-electron chi connectivity index (χ0n) is 11.6. The Morgan fingerprint density at radius 2 is 2.15 bits per heavy atom. The van der Waals surface area contributed by atoms with E-state index in [1.165, 1.54) is 11.8 Å². The van der Waals surface area contributed by atoms with E-state index in [0.717, 1.165) is 27.5 Å². The molecule has 1 heterocycles. The number of thioether (sulfide) groups is 1. The van der Waals surface area contributed by atoms with E-state index in [2.05, 4.69) is 11.2 Å². The SMILES string of the molecule is CCCO/N=C1C=C/C(=C(\C#N)c2ccccc2C)S/1. The fraction of sp³-hybridized carbons (Fsp3) is 0.250. The van der Waals surface area contributed by atoms with Crippen LogP contribution in [0.1, 0.15) is 24.5 Å². The van der Waals surface area contributed by atoms with Crippen molar-refractivity contribution >= 4 is 22.4 Å². The summed E-state index contributed by atoms with van der Waals surface area (Å²) in [6.07, 6.45) is 4.73. The van der Waals surface area contributed by atoms with E-state index >= 15 is 0 Å². The van der Waals surface area contributed by atoms with Gasteiger partial charge in [-0.1, -0.05) is 48.1 Å². The summed E-state index contributed by atoms with van der Waals surface area (Å²) < 4.78 is 0. The van der Waals surface area contributed by atoms with Gasteiger partial charge in [0.25, 0.3) is 0 Å². The smallest absolute Gasteiger partial charge is 0.140 e. The molecule has 3 nitrogen and oxygen atoms in total. The summed E-state index contributed by atoms with van der Waals surface area (Å²) in [6.45, 7) is 4.66. The van der Waals surface area contributed by atoms with Gasteiger partial charge in [-0.05, 0) is 36.6 Å². The van der Waals surface area contributed by atoms with Crippen LogP contribution in [0.5, 0.6) is 0 Å². The first-order chi connectivity index (χ1) is 9.76. The highest BCUT2D eigenvalue weighted by molar-refractivity contribution is 8.18. The first-order valence-electron chi connectivity index (χ1n) is 6.52. The fourth-order valence-corrected chi connectivity index (χ4v) is 2.66. The van der Waals surface area contributed by atoms with Crippen LogP contribution < -0.4 is 0 Å². The number of nitrogens with zero attached hydrogens (tertiary/aromatic N) is 2. The molecule has 20 heavy (non-hydrogen) atoms. The van der Waals surface area contributed by atoms with E-state index in [1.807, 2.05) is 50.3 Å². The van der Waals surface area contributed by atoms with Gasteiger partial charge >= 0.3 is 0 Å². The third-order valence-electron chi connectivity index (χ3n) is 2.81. The topological polar surface area (TPSA) is 45.4 Å². The number of aryl methyl sites for hydroxylation is 1. The molecule has 0 saturated carbocycles. The van der Waals surface area contributed by atoms with E-state index in [0.29, 0.717) is 12.2 Å². The Balaban J connectivity index is 2.26. The van der Waals surface area contributed by atoms with Gasteiger partial charge in [0.1, 0.15) is 17.7 Å². The van der Waals surface area contributed by atoms with Crippen molar-refractivity contribution in [3.63, 3.8) is 0 Å². The normalized spacial score (nSPS) is 18.1. The minimum Gasteiger partial charge on any atom is -0.395 e. The van der Waals surface area contributed by atoms with Crippen molar-refractivity contribution in [2.24, 2.45) is 5.16 Å². The Kier molecular flexibility index (Phi) is 5.03. The molecule has 2 rings (SSSR count). The monoisotopic (exact) mass is 284 g/mol. The highest BCUT2D eigenvalue weighted by atomic mass is 32.2. The molecule has 102 valence electrons. The van der Waals surface area contributed by atoms with Gasteiger partial charge in [-0.15, -0.1) is 0 Å². The zero-order valence-corrected chi connectivity index (χ0v) is 12.4. The van der Waals surface area contributed by atoms with Gasteiger partial charge in [-0.3, -0.25) is 0 Å². The highest BCUT2D eigenvalue weighted by Crippen LogP contribution is 2.34. The minimum atomic E-state index is 0.611. The molecule has 0 unspecified atom stereocenters. The number of hydrogen-bond donors (Lipinski definition) is 0. The van der Waals surface area contributed by atoms with Gasteiger partial charge in [0.2, 0.25) is 0 Å². The van der Waals surface area contributed by atoms with Crippen LogP contribution in [0.2, 0.25) is 0 Å². The molecule has 0 aromatic heterocycles. The average molecular weight is 284 g/mol. The molecule has 1 aliphatic heterocycles. The third kappa shape index (κ3) is 3.31. The maximum absolute atomic E-state index is 9.44. The van der Waals surface area contributed by atoms with Crippen molar-refractivity contribution in [2.75, 3.05) is 6.61 Å². The van der Waals surface area contributed by atoms with Crippen LogP contribution in [0.15, 0.2) is 46.5 Å². The van der Waals surface area contributed by atoms with Crippen LogP contribution in [0.25, 0.3) is 5.57 Å². The summed E-state index contributed by atoms with van der Waals surface area (Å²) >= 11 is 1.47. The zero-order chi connectivity index (χ0) is 14.4. The van der Waals surface area contributed by atoms with E-state index in [-0.39, 0.29) is 0 Å². The Hall–Kier alpha value is -1.99. The van der Waals surface area contributed by atoms with Crippen LogP contribution in [0, 0.1) is 18.3 Å². The van der Waals surface area contributed by atoms with Crippen molar-refractivity contribution < 1.29 is 4.84 Å². The molecule has 1 aromatic carbocycles. The third-order valence-corrected chi connectivity index (χ3v) is 3.79. The Morgan fingerprint density at radius 1 is 1.35 bits per heavy atom. The van der Waals surface area contributed by atoms with Gasteiger partial charge in [0, 0.05) is 4.91 Å². The number of rotatable bonds is 4. The molecule has 1 aromatic rings. The Labute approximate surface area is 123 Å². The highest BCUT2D eigenvalue weighted by Gasteiger charge is 2.16. The van der Waals surface area contributed by atoms with Crippen molar-refractivity contribution in [1.29, 1.82) is 5.26 Å². The van der Waals surface area contributed by atoms with Crippen molar-refractivity contribution in [3.8, 4) is 6.07 Å². The van der Waals surface area contributed by atoms with E-state index in [9.17, 15) is 5.26 Å². The number of nitriles is 1. The fourth-order valence-electron chi connectivity index (χ4n) is 1.81. The summed E-state index contributed by atoms with van der Waals surface area (Å²) in [5.41, 5.74) is 2.75. The lowest BCUT2D eigenvalue weighted by molar-refractivity contribution is 0.146. The molecule has 0 saturated heterocycles. The molecular weight excluding hydrogens is 268 g/mol. The summed E-state index contributed by atoms with van der Waals surface area (Å²) in [4.78, 5) is 6.09. The predicted molar refractivity (Wildman–Crippen MR) is 84.1 cm³/mol. The second-order valence-corrected chi connectivity index (χ2v) is 5.43. The van der Waals surface area contributed by atoms with Crippen LogP contribution in [-0.4, -0.2) is 11.7 Å². The molecule has 0 atom stereocenters. The molecule has 0 fully saturated rings. The molecule has 1 aliphatic rings. The lowest BCUT2D eigenvalue weighted by Gasteiger charge is -2.05. The van der Waals surface area contributed by atoms with E-state index in [4.69, 9.17) is 4.84 Å². The van der Waals surface area contributed by atoms with Gasteiger partial charge in [-0.2, -0.15) is 5.26 Å². The number of hydrogen-bond acceptors (Lipinski definition) is 4. The lowest BCUT2D eigenvalue weighted by Crippen LogP contribution is -1.90. The van der Waals surface area contributed by atoms with Crippen LogP contribution in [0.4, 0.5) is 0 Å². The molecule has 0 radical (unpaired) electrons. The average Bonchev–Trinajstić information content (AvgIpc) is 2.91. The first kappa shape index (κ1) is 14.4. The van der Waals surface area contributed by atoms with E-state index < -0.39 is 0 Å². The van der Waals surface area contributed by atoms with Crippen molar-refractivity contribution in [3.05, 3.63) is 52.4 Å². The summed E-state index contributed by atoms with van der Waals surface area (Å²) in [7, 11) is 0. The van der Waals surface area contributed by atoms with Crippen molar-refractivity contribution in [1.82, 2.24) is 0 Å². The molecule has 0 bridgehead atoms. The molecule has 4 heteroatoms. The predicted octanol–water partition coefficient (Wildman–Crippen LogP) is 4.27. The number of allylic oxidation sites excluding steroid dienone is 2. The van der Waals surface area contributed by atoms with Crippen LogP contribution in [0.3, 0.4) is 0 Å². The minimum absolute atomic E-state index is 0.611. The molecule has 0 N–H and O–H groups in total. The second-order valence-electron chi connectivity index (χ2n) is 4.36. The maximum Gasteiger partial charge on any atom is 0.140 e. The first-order valence-corrected chi connectivity index (χ1v) is 7.34. The lowest BCUT2D eigenvalue weighted by atomic mass is 10.0. The standard InChI is InChI=1S/C16H16N2OS/c1-3-10-19-18-16-9-8-15(20-16)14(11-17)13-7-5-4-6-12(13)2/h4-9H,3,10H2,1-2H3/b15-14-,18-16-. The number of oxime groups is 1. The van der Waals surface area contributed by atoms with Gasteiger partial charge in [0.15, 0.2) is 0 Å². The molecular formula is C16H16N2OS. The van der Waals surface area contributed by atoms with Gasteiger partial charge < -0.3 is 4.84 Å². The van der Waals surface area contributed by atoms with Crippen molar-refractivity contribution in [2.45, 2.75) is 20.3 Å². The Morgan fingerprint density at radius 3 is 2.85 bits per heavy atom. The summed E-state index contributed by atoms with van der Waals surface area (Å²) in [6, 6.07) is 10.2. The van der Waals surface area contributed by atoms with Gasteiger partial charge in [0.05, 0.1) is 5.57 Å². The summed E-state index contributed by atoms with van der Waals surface area (Å²) in [5.74, 6) is 0.